The van der Waals surface area contributed by atoms with Crippen LogP contribution in [0.25, 0.3) is 21.6 Å². The summed E-state index contributed by atoms with van der Waals surface area (Å²) >= 11 is 1.50. The lowest BCUT2D eigenvalue weighted by Gasteiger charge is -2.21. The first kappa shape index (κ1) is 20.1. The summed E-state index contributed by atoms with van der Waals surface area (Å²) in [5.41, 5.74) is 3.89. The monoisotopic (exact) mass is 410 g/mol. The molecule has 1 fully saturated rings. The van der Waals surface area contributed by atoms with E-state index in [2.05, 4.69) is 31.2 Å². The largest absolute Gasteiger partial charge is 0.484 e. The van der Waals surface area contributed by atoms with Gasteiger partial charge in [0.2, 0.25) is 0 Å². The summed E-state index contributed by atoms with van der Waals surface area (Å²) in [6.45, 7) is 4.53. The fourth-order valence-corrected chi connectivity index (χ4v) is 4.59. The van der Waals surface area contributed by atoms with Gasteiger partial charge in [-0.15, -0.1) is 0 Å². The lowest BCUT2D eigenvalue weighted by atomic mass is 10.0. The predicted octanol–water partition coefficient (Wildman–Crippen LogP) is 6.98. The molecule has 0 unspecified atom stereocenters. The highest BCUT2D eigenvalue weighted by atomic mass is 32.1. The number of rotatable bonds is 7. The first-order valence-corrected chi connectivity index (χ1v) is 11.2. The Labute approximate surface area is 176 Å². The third-order valence-corrected chi connectivity index (χ3v) is 6.48. The molecule has 1 aliphatic heterocycles. The Morgan fingerprint density at radius 1 is 1.00 bits per heavy atom. The topological polar surface area (TPSA) is 18.5 Å². The summed E-state index contributed by atoms with van der Waals surface area (Å²) in [5, 5.41) is 0.849. The van der Waals surface area contributed by atoms with Gasteiger partial charge in [0, 0.05) is 23.7 Å². The van der Waals surface area contributed by atoms with Crippen molar-refractivity contribution in [3.63, 3.8) is 0 Å². The summed E-state index contributed by atoms with van der Waals surface area (Å²) < 4.78 is 26.2. The maximum Gasteiger partial charge on any atom is 0.174 e. The lowest BCUT2D eigenvalue weighted by molar-refractivity contribution is 0.0503. The Morgan fingerprint density at radius 3 is 2.48 bits per heavy atom. The molecule has 1 saturated heterocycles. The van der Waals surface area contributed by atoms with Crippen molar-refractivity contribution in [2.75, 3.05) is 19.8 Å². The number of benzene rings is 2. The van der Waals surface area contributed by atoms with E-state index in [1.54, 1.807) is 6.07 Å². The molecule has 0 atom stereocenters. The van der Waals surface area contributed by atoms with E-state index >= 15 is 0 Å². The average molecular weight is 411 g/mol. The molecular weight excluding hydrogens is 383 g/mol. The molecule has 1 aliphatic rings. The third kappa shape index (κ3) is 5.06. The van der Waals surface area contributed by atoms with E-state index in [9.17, 15) is 4.39 Å². The van der Waals surface area contributed by atoms with Gasteiger partial charge in [-0.3, -0.25) is 0 Å². The molecule has 2 aromatic carbocycles. The van der Waals surface area contributed by atoms with Crippen molar-refractivity contribution >= 4 is 11.3 Å². The highest BCUT2D eigenvalue weighted by Gasteiger charge is 2.16. The molecule has 3 aromatic rings. The molecule has 2 heterocycles. The smallest absolute Gasteiger partial charge is 0.174 e. The van der Waals surface area contributed by atoms with Crippen LogP contribution in [-0.4, -0.2) is 19.8 Å². The predicted molar refractivity (Wildman–Crippen MR) is 118 cm³/mol. The van der Waals surface area contributed by atoms with Gasteiger partial charge in [-0.2, -0.15) is 0 Å². The number of aryl methyl sites for hydroxylation is 1. The molecule has 0 bridgehead atoms. The molecule has 0 spiro atoms. The number of ether oxygens (including phenoxy) is 2. The zero-order valence-electron chi connectivity index (χ0n) is 16.8. The minimum atomic E-state index is -0.196. The van der Waals surface area contributed by atoms with Crippen LogP contribution >= 0.6 is 11.3 Å². The Balaban J connectivity index is 1.44. The van der Waals surface area contributed by atoms with E-state index in [0.29, 0.717) is 18.1 Å². The van der Waals surface area contributed by atoms with Crippen molar-refractivity contribution in [3.8, 4) is 26.6 Å². The molecule has 0 saturated carbocycles. The van der Waals surface area contributed by atoms with E-state index in [-0.39, 0.29) is 5.82 Å². The molecule has 1 aromatic heterocycles. The quantitative estimate of drug-likeness (QED) is 0.418. The highest BCUT2D eigenvalue weighted by molar-refractivity contribution is 7.17. The van der Waals surface area contributed by atoms with Crippen LogP contribution in [0.3, 0.4) is 0 Å². The first-order valence-electron chi connectivity index (χ1n) is 10.4. The SMILES string of the molecule is CCCc1ccc(-c2ccc(-c3ccc(OCC4CCOCC4)s3)c(F)c2)cc1. The van der Waals surface area contributed by atoms with Gasteiger partial charge in [-0.05, 0) is 66.1 Å². The molecule has 0 radical (unpaired) electrons. The van der Waals surface area contributed by atoms with Gasteiger partial charge >= 0.3 is 0 Å². The molecular formula is C25H27FO2S. The number of hydrogen-bond acceptors (Lipinski definition) is 3. The second-order valence-corrected chi connectivity index (χ2v) is 8.67. The summed E-state index contributed by atoms with van der Waals surface area (Å²) in [4.78, 5) is 0.898. The van der Waals surface area contributed by atoms with Crippen LogP contribution in [0.15, 0.2) is 54.6 Å². The fourth-order valence-electron chi connectivity index (χ4n) is 3.70. The molecule has 4 heteroatoms. The molecule has 4 rings (SSSR count). The zero-order valence-corrected chi connectivity index (χ0v) is 17.6. The molecule has 2 nitrogen and oxygen atoms in total. The summed E-state index contributed by atoms with van der Waals surface area (Å²) in [7, 11) is 0. The zero-order chi connectivity index (χ0) is 20.1. The second kappa shape index (κ2) is 9.55. The van der Waals surface area contributed by atoms with E-state index in [1.807, 2.05) is 24.3 Å². The molecule has 0 amide bonds. The van der Waals surface area contributed by atoms with Crippen molar-refractivity contribution < 1.29 is 13.9 Å². The van der Waals surface area contributed by atoms with Crippen LogP contribution in [0, 0.1) is 11.7 Å². The first-order chi connectivity index (χ1) is 14.2. The molecule has 152 valence electrons. The van der Waals surface area contributed by atoms with Gasteiger partial charge in [-0.1, -0.05) is 55.0 Å². The lowest BCUT2D eigenvalue weighted by Crippen LogP contribution is -2.21. The summed E-state index contributed by atoms with van der Waals surface area (Å²) in [5.74, 6) is 0.354. The Kier molecular flexibility index (Phi) is 6.63. The van der Waals surface area contributed by atoms with Gasteiger partial charge in [0.25, 0.3) is 0 Å². The van der Waals surface area contributed by atoms with E-state index in [4.69, 9.17) is 9.47 Å². The number of halogens is 1. The summed E-state index contributed by atoms with van der Waals surface area (Å²) in [6, 6.07) is 17.8. The van der Waals surface area contributed by atoms with Crippen LogP contribution < -0.4 is 4.74 Å². The normalized spacial score (nSPS) is 14.8. The van der Waals surface area contributed by atoms with Gasteiger partial charge in [-0.25, -0.2) is 4.39 Å². The second-order valence-electron chi connectivity index (χ2n) is 7.63. The minimum absolute atomic E-state index is 0.196. The third-order valence-electron chi connectivity index (χ3n) is 5.44. The van der Waals surface area contributed by atoms with Crippen molar-refractivity contribution in [2.24, 2.45) is 5.92 Å². The Morgan fingerprint density at radius 2 is 1.76 bits per heavy atom. The minimum Gasteiger partial charge on any atom is -0.484 e. The van der Waals surface area contributed by atoms with Crippen molar-refractivity contribution in [1.29, 1.82) is 0 Å². The Bertz CT molecular complexity index is 926. The average Bonchev–Trinajstić information content (AvgIpc) is 3.22. The summed E-state index contributed by atoms with van der Waals surface area (Å²) in [6.07, 6.45) is 4.30. The van der Waals surface area contributed by atoms with Gasteiger partial charge in [0.05, 0.1) is 6.61 Å². The van der Waals surface area contributed by atoms with Crippen LogP contribution in [0.5, 0.6) is 5.06 Å². The Hall–Kier alpha value is -2.17. The number of thiophene rings is 1. The van der Waals surface area contributed by atoms with E-state index in [1.165, 1.54) is 16.9 Å². The maximum absolute atomic E-state index is 14.9. The standard InChI is InChI=1S/C25H27FO2S/c1-2-3-18-4-6-20(7-5-18)21-8-9-22(23(26)16-21)24-10-11-25(29-24)28-17-19-12-14-27-15-13-19/h4-11,16,19H,2-3,12-15,17H2,1H3. The van der Waals surface area contributed by atoms with Crippen LogP contribution in [0.2, 0.25) is 0 Å². The van der Waals surface area contributed by atoms with Crippen molar-refractivity contribution in [1.82, 2.24) is 0 Å². The molecule has 29 heavy (non-hydrogen) atoms. The van der Waals surface area contributed by atoms with Crippen molar-refractivity contribution in [3.05, 3.63) is 66.0 Å². The molecule has 0 aliphatic carbocycles. The van der Waals surface area contributed by atoms with E-state index in [0.717, 1.165) is 60.0 Å². The van der Waals surface area contributed by atoms with Crippen LogP contribution in [-0.2, 0) is 11.2 Å². The number of hydrogen-bond donors (Lipinski definition) is 0. The van der Waals surface area contributed by atoms with E-state index < -0.39 is 0 Å². The van der Waals surface area contributed by atoms with Crippen molar-refractivity contribution in [2.45, 2.75) is 32.6 Å². The fraction of sp³-hybridized carbons (Fsp3) is 0.360. The highest BCUT2D eigenvalue weighted by Crippen LogP contribution is 2.36. The van der Waals surface area contributed by atoms with Gasteiger partial charge in [0.1, 0.15) is 5.82 Å². The van der Waals surface area contributed by atoms with Crippen LogP contribution in [0.4, 0.5) is 4.39 Å². The van der Waals surface area contributed by atoms with Crippen LogP contribution in [0.1, 0.15) is 31.7 Å². The maximum atomic E-state index is 14.9. The van der Waals surface area contributed by atoms with Gasteiger partial charge < -0.3 is 9.47 Å². The molecule has 0 N–H and O–H groups in total. The van der Waals surface area contributed by atoms with Gasteiger partial charge in [0.15, 0.2) is 5.06 Å².